The number of nitrogens with one attached hydrogen (secondary N) is 1. The molecule has 2 aromatic rings. The summed E-state index contributed by atoms with van der Waals surface area (Å²) in [6, 6.07) is 12.2. The Balaban J connectivity index is 2.26. The van der Waals surface area contributed by atoms with Gasteiger partial charge in [-0.25, -0.2) is 4.39 Å². The second kappa shape index (κ2) is 6.74. The predicted molar refractivity (Wildman–Crippen MR) is 79.6 cm³/mol. The average molecular weight is 288 g/mol. The Morgan fingerprint density at radius 1 is 1.29 bits per heavy atom. The number of amides is 1. The van der Waals surface area contributed by atoms with E-state index >= 15 is 0 Å². The fraction of sp³-hybridized carbons (Fsp3) is 0.188. The highest BCUT2D eigenvalue weighted by molar-refractivity contribution is 5.84. The van der Waals surface area contributed by atoms with E-state index in [0.29, 0.717) is 23.6 Å². The van der Waals surface area contributed by atoms with Crippen LogP contribution in [0.15, 0.2) is 48.5 Å². The average Bonchev–Trinajstić information content (AvgIpc) is 2.45. The molecule has 0 saturated heterocycles. The van der Waals surface area contributed by atoms with Gasteiger partial charge >= 0.3 is 0 Å². The highest BCUT2D eigenvalue weighted by Crippen LogP contribution is 2.23. The standard InChI is InChI=1S/C16H17FN2O2/c1-2-21-14-8-3-5-11(9-14)15(16(18)20)19-13-7-4-6-12(17)10-13/h3-10,15,19H,2H2,1H3,(H2,18,20). The number of hydrogen-bond acceptors (Lipinski definition) is 3. The van der Waals surface area contributed by atoms with Gasteiger partial charge in [0, 0.05) is 5.69 Å². The van der Waals surface area contributed by atoms with Gasteiger partial charge in [0.2, 0.25) is 5.91 Å². The Labute approximate surface area is 122 Å². The Morgan fingerprint density at radius 3 is 2.71 bits per heavy atom. The van der Waals surface area contributed by atoms with Crippen molar-refractivity contribution in [2.24, 2.45) is 5.73 Å². The van der Waals surface area contributed by atoms with Crippen LogP contribution >= 0.6 is 0 Å². The summed E-state index contributed by atoms with van der Waals surface area (Å²) in [6.45, 7) is 2.41. The van der Waals surface area contributed by atoms with Crippen molar-refractivity contribution in [1.29, 1.82) is 0 Å². The van der Waals surface area contributed by atoms with Gasteiger partial charge in [0.05, 0.1) is 6.61 Å². The zero-order chi connectivity index (χ0) is 15.2. The normalized spacial score (nSPS) is 11.7. The number of carbonyl (C=O) groups is 1. The third kappa shape index (κ3) is 3.95. The van der Waals surface area contributed by atoms with Gasteiger partial charge in [-0.1, -0.05) is 18.2 Å². The Morgan fingerprint density at radius 2 is 2.05 bits per heavy atom. The summed E-state index contributed by atoms with van der Waals surface area (Å²) in [6.07, 6.45) is 0. The number of hydrogen-bond donors (Lipinski definition) is 2. The van der Waals surface area contributed by atoms with Crippen LogP contribution in [-0.2, 0) is 4.79 Å². The summed E-state index contributed by atoms with van der Waals surface area (Å²) in [4.78, 5) is 11.7. The van der Waals surface area contributed by atoms with Gasteiger partial charge in [0.25, 0.3) is 0 Å². The van der Waals surface area contributed by atoms with E-state index in [-0.39, 0.29) is 5.82 Å². The topological polar surface area (TPSA) is 64.3 Å². The van der Waals surface area contributed by atoms with Crippen molar-refractivity contribution in [2.75, 3.05) is 11.9 Å². The Bertz CT molecular complexity index is 631. The van der Waals surface area contributed by atoms with Crippen LogP contribution in [0.5, 0.6) is 5.75 Å². The van der Waals surface area contributed by atoms with Gasteiger partial charge in [-0.3, -0.25) is 4.79 Å². The fourth-order valence-electron chi connectivity index (χ4n) is 2.01. The molecule has 21 heavy (non-hydrogen) atoms. The van der Waals surface area contributed by atoms with Crippen molar-refractivity contribution >= 4 is 11.6 Å². The molecule has 110 valence electrons. The molecule has 4 nitrogen and oxygen atoms in total. The first-order valence-corrected chi connectivity index (χ1v) is 6.64. The monoisotopic (exact) mass is 288 g/mol. The van der Waals surface area contributed by atoms with Crippen molar-refractivity contribution < 1.29 is 13.9 Å². The van der Waals surface area contributed by atoms with E-state index < -0.39 is 11.9 Å². The lowest BCUT2D eigenvalue weighted by Crippen LogP contribution is -2.27. The molecule has 2 aromatic carbocycles. The van der Waals surface area contributed by atoms with Crippen LogP contribution in [0.1, 0.15) is 18.5 Å². The number of benzene rings is 2. The van der Waals surface area contributed by atoms with E-state index in [0.717, 1.165) is 0 Å². The van der Waals surface area contributed by atoms with E-state index in [1.807, 2.05) is 6.92 Å². The van der Waals surface area contributed by atoms with Crippen molar-refractivity contribution in [3.05, 3.63) is 59.9 Å². The number of primary amides is 1. The molecule has 0 heterocycles. The molecular weight excluding hydrogens is 271 g/mol. The van der Waals surface area contributed by atoms with Gasteiger partial charge < -0.3 is 15.8 Å². The van der Waals surface area contributed by atoms with E-state index in [4.69, 9.17) is 10.5 Å². The summed E-state index contributed by atoms with van der Waals surface area (Å²) in [5, 5.41) is 2.93. The van der Waals surface area contributed by atoms with Crippen LogP contribution in [0.25, 0.3) is 0 Å². The second-order valence-electron chi connectivity index (χ2n) is 4.50. The zero-order valence-corrected chi connectivity index (χ0v) is 11.7. The van der Waals surface area contributed by atoms with Crippen molar-refractivity contribution in [1.82, 2.24) is 0 Å². The molecule has 3 N–H and O–H groups in total. The fourth-order valence-corrected chi connectivity index (χ4v) is 2.01. The van der Waals surface area contributed by atoms with Gasteiger partial charge in [-0.15, -0.1) is 0 Å². The summed E-state index contributed by atoms with van der Waals surface area (Å²) < 4.78 is 18.6. The van der Waals surface area contributed by atoms with E-state index in [1.54, 1.807) is 36.4 Å². The number of anilines is 1. The van der Waals surface area contributed by atoms with Crippen molar-refractivity contribution in [2.45, 2.75) is 13.0 Å². The van der Waals surface area contributed by atoms with E-state index in [9.17, 15) is 9.18 Å². The Kier molecular flexibility index (Phi) is 4.77. The molecule has 0 aliphatic rings. The first kappa shape index (κ1) is 14.8. The van der Waals surface area contributed by atoms with Crippen LogP contribution in [0.2, 0.25) is 0 Å². The zero-order valence-electron chi connectivity index (χ0n) is 11.7. The first-order valence-electron chi connectivity index (χ1n) is 6.64. The molecule has 1 amide bonds. The molecule has 1 atom stereocenters. The van der Waals surface area contributed by atoms with E-state index in [1.165, 1.54) is 12.1 Å². The number of halogens is 1. The molecule has 0 spiro atoms. The minimum atomic E-state index is -0.757. The maximum atomic E-state index is 13.2. The lowest BCUT2D eigenvalue weighted by molar-refractivity contribution is -0.118. The van der Waals surface area contributed by atoms with Gasteiger partial charge in [-0.05, 0) is 42.8 Å². The van der Waals surface area contributed by atoms with Crippen LogP contribution in [0, 0.1) is 5.82 Å². The molecule has 2 rings (SSSR count). The third-order valence-corrected chi connectivity index (χ3v) is 2.92. The molecular formula is C16H17FN2O2. The number of ether oxygens (including phenoxy) is 1. The van der Waals surface area contributed by atoms with Crippen molar-refractivity contribution in [3.8, 4) is 5.75 Å². The molecule has 0 radical (unpaired) electrons. The summed E-state index contributed by atoms with van der Waals surface area (Å²) in [7, 11) is 0. The maximum Gasteiger partial charge on any atom is 0.244 e. The SMILES string of the molecule is CCOc1cccc(C(Nc2cccc(F)c2)C(N)=O)c1. The molecule has 0 aliphatic heterocycles. The smallest absolute Gasteiger partial charge is 0.244 e. The maximum absolute atomic E-state index is 13.2. The lowest BCUT2D eigenvalue weighted by Gasteiger charge is -2.18. The molecule has 1 unspecified atom stereocenters. The van der Waals surface area contributed by atoms with Crippen molar-refractivity contribution in [3.63, 3.8) is 0 Å². The molecule has 0 bridgehead atoms. The van der Waals surface area contributed by atoms with Crippen LogP contribution < -0.4 is 15.8 Å². The number of carbonyl (C=O) groups excluding carboxylic acids is 1. The lowest BCUT2D eigenvalue weighted by atomic mass is 10.1. The first-order chi connectivity index (χ1) is 10.1. The minimum absolute atomic E-state index is 0.383. The molecule has 5 heteroatoms. The van der Waals surface area contributed by atoms with Gasteiger partial charge in [-0.2, -0.15) is 0 Å². The number of rotatable bonds is 6. The van der Waals surface area contributed by atoms with Gasteiger partial charge in [0.1, 0.15) is 17.6 Å². The van der Waals surface area contributed by atoms with Gasteiger partial charge in [0.15, 0.2) is 0 Å². The largest absolute Gasteiger partial charge is 0.494 e. The summed E-state index contributed by atoms with van der Waals surface area (Å²) >= 11 is 0. The van der Waals surface area contributed by atoms with Crippen LogP contribution in [-0.4, -0.2) is 12.5 Å². The molecule has 0 saturated carbocycles. The predicted octanol–water partition coefficient (Wildman–Crippen LogP) is 2.86. The van der Waals surface area contributed by atoms with E-state index in [2.05, 4.69) is 5.32 Å². The number of nitrogens with two attached hydrogens (primary N) is 1. The van der Waals surface area contributed by atoms with Crippen LogP contribution in [0.4, 0.5) is 10.1 Å². The van der Waals surface area contributed by atoms with Crippen LogP contribution in [0.3, 0.4) is 0 Å². The highest BCUT2D eigenvalue weighted by Gasteiger charge is 2.18. The highest BCUT2D eigenvalue weighted by atomic mass is 19.1. The third-order valence-electron chi connectivity index (χ3n) is 2.92. The second-order valence-corrected chi connectivity index (χ2v) is 4.50. The summed E-state index contributed by atoms with van der Waals surface area (Å²) in [5.41, 5.74) is 6.59. The minimum Gasteiger partial charge on any atom is -0.494 e. The quantitative estimate of drug-likeness (QED) is 0.859. The molecule has 0 aromatic heterocycles. The molecule has 0 aliphatic carbocycles. The Hall–Kier alpha value is -2.56. The summed E-state index contributed by atoms with van der Waals surface area (Å²) in [5.74, 6) is -0.276. The molecule has 0 fully saturated rings.